The molecule has 0 aliphatic carbocycles. The molecule has 4 aromatic heterocycles. The Morgan fingerprint density at radius 1 is 1.06 bits per heavy atom. The van der Waals surface area contributed by atoms with E-state index in [-0.39, 0.29) is 0 Å². The van der Waals surface area contributed by atoms with Crippen LogP contribution >= 0.6 is 0 Å². The molecule has 0 saturated carbocycles. The van der Waals surface area contributed by atoms with E-state index in [4.69, 9.17) is 5.73 Å². The van der Waals surface area contributed by atoms with Crippen LogP contribution in [0, 0.1) is 0 Å². The van der Waals surface area contributed by atoms with E-state index in [0.29, 0.717) is 24.1 Å². The van der Waals surface area contributed by atoms with Gasteiger partial charge < -0.3 is 11.1 Å². The minimum absolute atomic E-state index is 0.365. The SMILES string of the molecule is CC(C)c1cnnc(Nc2ccc3ncc(C(C=NCc4ccncc4)=CN)cc3n2)c1. The van der Waals surface area contributed by atoms with Crippen molar-refractivity contribution in [1.29, 1.82) is 0 Å². The van der Waals surface area contributed by atoms with Gasteiger partial charge in [0.15, 0.2) is 5.82 Å². The molecule has 0 unspecified atom stereocenters. The van der Waals surface area contributed by atoms with E-state index in [1.165, 1.54) is 6.20 Å². The molecule has 0 fully saturated rings. The molecule has 0 aliphatic heterocycles. The van der Waals surface area contributed by atoms with Gasteiger partial charge in [0.1, 0.15) is 5.82 Å². The lowest BCUT2D eigenvalue weighted by molar-refractivity contribution is 0.843. The first-order chi connectivity index (χ1) is 15.6. The first-order valence-electron chi connectivity index (χ1n) is 10.3. The van der Waals surface area contributed by atoms with Gasteiger partial charge in [-0.25, -0.2) is 4.98 Å². The van der Waals surface area contributed by atoms with Crippen LogP contribution in [0.15, 0.2) is 72.4 Å². The fraction of sp³-hybridized carbons (Fsp3) is 0.167. The fourth-order valence-corrected chi connectivity index (χ4v) is 3.08. The molecule has 32 heavy (non-hydrogen) atoms. The van der Waals surface area contributed by atoms with Crippen LogP contribution in [0.5, 0.6) is 0 Å². The summed E-state index contributed by atoms with van der Waals surface area (Å²) in [6.45, 7) is 4.78. The molecule has 0 amide bonds. The van der Waals surface area contributed by atoms with Gasteiger partial charge in [0.25, 0.3) is 0 Å². The summed E-state index contributed by atoms with van der Waals surface area (Å²) in [5, 5.41) is 11.4. The van der Waals surface area contributed by atoms with Crippen molar-refractivity contribution in [3.8, 4) is 0 Å². The Hall–Kier alpha value is -4.20. The van der Waals surface area contributed by atoms with Crippen molar-refractivity contribution in [3.05, 3.63) is 84.1 Å². The lowest BCUT2D eigenvalue weighted by Gasteiger charge is -2.09. The third kappa shape index (κ3) is 5.10. The lowest BCUT2D eigenvalue weighted by Crippen LogP contribution is -2.00. The van der Waals surface area contributed by atoms with Crippen LogP contribution < -0.4 is 11.1 Å². The molecular formula is C24H24N8. The minimum Gasteiger partial charge on any atom is -0.404 e. The van der Waals surface area contributed by atoms with Crippen LogP contribution in [0.25, 0.3) is 16.6 Å². The first-order valence-corrected chi connectivity index (χ1v) is 10.3. The van der Waals surface area contributed by atoms with Gasteiger partial charge in [0.05, 0.1) is 23.8 Å². The van der Waals surface area contributed by atoms with E-state index in [0.717, 1.165) is 33.3 Å². The largest absolute Gasteiger partial charge is 0.404 e. The normalized spacial score (nSPS) is 12.0. The Morgan fingerprint density at radius 3 is 2.69 bits per heavy atom. The van der Waals surface area contributed by atoms with Gasteiger partial charge >= 0.3 is 0 Å². The highest BCUT2D eigenvalue weighted by molar-refractivity contribution is 6.10. The molecule has 0 aliphatic rings. The van der Waals surface area contributed by atoms with Crippen LogP contribution in [0.2, 0.25) is 0 Å². The third-order valence-corrected chi connectivity index (χ3v) is 4.90. The average Bonchev–Trinajstić information content (AvgIpc) is 2.82. The molecule has 0 aromatic carbocycles. The second kappa shape index (κ2) is 9.74. The van der Waals surface area contributed by atoms with Crippen molar-refractivity contribution in [2.75, 3.05) is 5.32 Å². The standard InChI is InChI=1S/C24H24N8/c1-16(2)18-10-24(32-29-15-18)31-23-4-3-21-22(30-23)9-19(14-28-21)20(11-25)13-27-12-17-5-7-26-8-6-17/h3-11,13-16H,12,25H2,1-2H3,(H,30,31,32). The number of aromatic nitrogens is 5. The van der Waals surface area contributed by atoms with Crippen LogP contribution in [0.1, 0.15) is 36.5 Å². The Morgan fingerprint density at radius 2 is 1.91 bits per heavy atom. The van der Waals surface area contributed by atoms with E-state index in [1.54, 1.807) is 31.0 Å². The first kappa shape index (κ1) is 21.0. The third-order valence-electron chi connectivity index (χ3n) is 4.90. The summed E-state index contributed by atoms with van der Waals surface area (Å²) >= 11 is 0. The van der Waals surface area contributed by atoms with Gasteiger partial charge in [0, 0.05) is 42.1 Å². The molecule has 4 aromatic rings. The number of pyridine rings is 3. The molecule has 4 heterocycles. The predicted molar refractivity (Wildman–Crippen MR) is 128 cm³/mol. The molecule has 0 spiro atoms. The highest BCUT2D eigenvalue weighted by Gasteiger charge is 2.07. The van der Waals surface area contributed by atoms with E-state index in [2.05, 4.69) is 49.3 Å². The van der Waals surface area contributed by atoms with Crippen molar-refractivity contribution in [1.82, 2.24) is 25.1 Å². The number of rotatable bonds is 7. The summed E-state index contributed by atoms with van der Waals surface area (Å²) in [5.41, 5.74) is 11.2. The van der Waals surface area contributed by atoms with Crippen molar-refractivity contribution in [2.24, 2.45) is 10.7 Å². The number of allylic oxidation sites excluding steroid dienone is 1. The second-order valence-corrected chi connectivity index (χ2v) is 7.56. The van der Waals surface area contributed by atoms with Gasteiger partial charge in [-0.2, -0.15) is 5.10 Å². The number of aliphatic imine (C=N–C) groups is 1. The monoisotopic (exact) mass is 424 g/mol. The van der Waals surface area contributed by atoms with Gasteiger partial charge in [-0.15, -0.1) is 5.10 Å². The van der Waals surface area contributed by atoms with Crippen molar-refractivity contribution < 1.29 is 0 Å². The summed E-state index contributed by atoms with van der Waals surface area (Å²) in [6.07, 6.45) is 10.3. The summed E-state index contributed by atoms with van der Waals surface area (Å²) in [4.78, 5) is 17.7. The number of hydrogen-bond donors (Lipinski definition) is 2. The van der Waals surface area contributed by atoms with Gasteiger partial charge in [0.2, 0.25) is 0 Å². The zero-order chi connectivity index (χ0) is 22.3. The molecule has 0 atom stereocenters. The maximum atomic E-state index is 5.86. The Labute approximate surface area is 186 Å². The minimum atomic E-state index is 0.365. The molecular weight excluding hydrogens is 400 g/mol. The molecule has 4 rings (SSSR count). The van der Waals surface area contributed by atoms with Crippen LogP contribution in [0.4, 0.5) is 11.6 Å². The number of fused-ring (bicyclic) bond motifs is 1. The average molecular weight is 425 g/mol. The fourth-order valence-electron chi connectivity index (χ4n) is 3.08. The maximum Gasteiger partial charge on any atom is 0.154 e. The van der Waals surface area contributed by atoms with Crippen molar-refractivity contribution in [2.45, 2.75) is 26.3 Å². The van der Waals surface area contributed by atoms with E-state index >= 15 is 0 Å². The number of hydrogen-bond acceptors (Lipinski definition) is 8. The Balaban J connectivity index is 1.55. The summed E-state index contributed by atoms with van der Waals surface area (Å²) < 4.78 is 0. The number of nitrogens with one attached hydrogen (secondary N) is 1. The second-order valence-electron chi connectivity index (χ2n) is 7.56. The van der Waals surface area contributed by atoms with E-state index < -0.39 is 0 Å². The van der Waals surface area contributed by atoms with Crippen molar-refractivity contribution >= 4 is 34.5 Å². The number of nitrogens with two attached hydrogens (primary N) is 1. The summed E-state index contributed by atoms with van der Waals surface area (Å²) in [5.74, 6) is 1.68. The highest BCUT2D eigenvalue weighted by atomic mass is 15.2. The Bertz CT molecular complexity index is 1270. The topological polar surface area (TPSA) is 115 Å². The van der Waals surface area contributed by atoms with Crippen LogP contribution in [-0.4, -0.2) is 31.4 Å². The van der Waals surface area contributed by atoms with E-state index in [1.807, 2.05) is 36.4 Å². The summed E-state index contributed by atoms with van der Waals surface area (Å²) in [7, 11) is 0. The smallest absolute Gasteiger partial charge is 0.154 e. The quantitative estimate of drug-likeness (QED) is 0.426. The molecule has 8 nitrogen and oxygen atoms in total. The lowest BCUT2D eigenvalue weighted by atomic mass is 10.1. The molecule has 0 bridgehead atoms. The van der Waals surface area contributed by atoms with Crippen molar-refractivity contribution in [3.63, 3.8) is 0 Å². The number of nitrogens with zero attached hydrogens (tertiary/aromatic N) is 6. The predicted octanol–water partition coefficient (Wildman–Crippen LogP) is 4.25. The molecule has 0 saturated heterocycles. The van der Waals surface area contributed by atoms with Gasteiger partial charge in [-0.05, 0) is 53.4 Å². The van der Waals surface area contributed by atoms with Gasteiger partial charge in [-0.3, -0.25) is 15.0 Å². The maximum absolute atomic E-state index is 5.86. The van der Waals surface area contributed by atoms with E-state index in [9.17, 15) is 0 Å². The zero-order valence-electron chi connectivity index (χ0n) is 18.0. The van der Waals surface area contributed by atoms with Crippen LogP contribution in [-0.2, 0) is 6.54 Å². The van der Waals surface area contributed by atoms with Crippen LogP contribution in [0.3, 0.4) is 0 Å². The number of anilines is 2. The molecule has 160 valence electrons. The molecule has 3 N–H and O–H groups in total. The zero-order valence-corrected chi connectivity index (χ0v) is 18.0. The highest BCUT2D eigenvalue weighted by Crippen LogP contribution is 2.21. The Kier molecular flexibility index (Phi) is 6.41. The molecule has 8 heteroatoms. The van der Waals surface area contributed by atoms with Gasteiger partial charge in [-0.1, -0.05) is 13.8 Å². The summed E-state index contributed by atoms with van der Waals surface area (Å²) in [6, 6.07) is 11.6. The molecule has 0 radical (unpaired) electrons.